The van der Waals surface area contributed by atoms with Crippen LogP contribution in [0.25, 0.3) is 11.1 Å². The number of aromatic nitrogens is 3. The van der Waals surface area contributed by atoms with Crippen LogP contribution in [0.3, 0.4) is 0 Å². The summed E-state index contributed by atoms with van der Waals surface area (Å²) in [6, 6.07) is 6.55. The maximum absolute atomic E-state index is 15.7. The third kappa shape index (κ3) is 5.00. The zero-order valence-corrected chi connectivity index (χ0v) is 25.8. The number of alkyl halides is 4. The quantitative estimate of drug-likeness (QED) is 0.284. The Bertz CT molecular complexity index is 1820. The Hall–Kier alpha value is -4.48. The Balaban J connectivity index is 1.02. The SMILES string of the molecule is O=C1N[C@]2(C[C@@H](F)c3cc(-c4cnn(C5CN(C6COC6)C5)c4)ccc32)C(=O)N1CC(=O)N(Cc1ccc(F)cn1)C1(C(F)(F)F)COC1. The number of hydrogen-bond acceptors (Lipinski definition) is 8. The largest absolute Gasteiger partial charge is 0.416 e. The van der Waals surface area contributed by atoms with Crippen molar-refractivity contribution in [2.45, 2.75) is 48.5 Å². The summed E-state index contributed by atoms with van der Waals surface area (Å²) in [5.41, 5.74) is -2.88. The molecule has 3 aromatic rings. The summed E-state index contributed by atoms with van der Waals surface area (Å²) in [5.74, 6) is -2.90. The molecule has 6 heterocycles. The van der Waals surface area contributed by atoms with Gasteiger partial charge < -0.3 is 19.7 Å². The zero-order valence-electron chi connectivity index (χ0n) is 25.8. The fourth-order valence-corrected chi connectivity index (χ4v) is 7.17. The Morgan fingerprint density at radius 1 is 1.04 bits per heavy atom. The minimum absolute atomic E-state index is 0.0521. The van der Waals surface area contributed by atoms with Crippen molar-refractivity contribution in [1.82, 2.24) is 34.8 Å². The maximum Gasteiger partial charge on any atom is 0.416 e. The van der Waals surface area contributed by atoms with E-state index in [1.165, 1.54) is 0 Å². The summed E-state index contributed by atoms with van der Waals surface area (Å²) < 4.78 is 84.2. The average molecular weight is 688 g/mol. The van der Waals surface area contributed by atoms with E-state index in [1.807, 2.05) is 10.9 Å². The van der Waals surface area contributed by atoms with Gasteiger partial charge in [-0.1, -0.05) is 12.1 Å². The topological polar surface area (TPSA) is 122 Å². The molecule has 49 heavy (non-hydrogen) atoms. The lowest BCUT2D eigenvalue weighted by Gasteiger charge is -2.50. The summed E-state index contributed by atoms with van der Waals surface area (Å²) in [4.78, 5) is 47.8. The van der Waals surface area contributed by atoms with Crippen LogP contribution in [-0.2, 0) is 31.1 Å². The van der Waals surface area contributed by atoms with Crippen molar-refractivity contribution in [2.24, 2.45) is 0 Å². The van der Waals surface area contributed by atoms with E-state index in [1.54, 1.807) is 24.4 Å². The van der Waals surface area contributed by atoms with Crippen molar-refractivity contribution >= 4 is 17.8 Å². The van der Waals surface area contributed by atoms with Gasteiger partial charge in [-0.3, -0.25) is 29.1 Å². The van der Waals surface area contributed by atoms with Crippen LogP contribution in [0.2, 0.25) is 0 Å². The predicted octanol–water partition coefficient (Wildman–Crippen LogP) is 2.86. The summed E-state index contributed by atoms with van der Waals surface area (Å²) >= 11 is 0. The summed E-state index contributed by atoms with van der Waals surface area (Å²) in [7, 11) is 0. The fourth-order valence-electron chi connectivity index (χ4n) is 7.17. The van der Waals surface area contributed by atoms with Gasteiger partial charge in [-0.05, 0) is 34.9 Å². The van der Waals surface area contributed by atoms with E-state index in [-0.39, 0.29) is 22.9 Å². The highest BCUT2D eigenvalue weighted by atomic mass is 19.4. The number of hydrogen-bond donors (Lipinski definition) is 1. The molecule has 2 atom stereocenters. The number of fused-ring (bicyclic) bond motifs is 2. The number of imide groups is 1. The molecule has 4 amide bonds. The third-order valence-corrected chi connectivity index (χ3v) is 10.3. The number of benzene rings is 1. The van der Waals surface area contributed by atoms with Gasteiger partial charge in [0.15, 0.2) is 5.54 Å². The second-order valence-corrected chi connectivity index (χ2v) is 13.2. The Morgan fingerprint density at radius 2 is 1.82 bits per heavy atom. The minimum Gasteiger partial charge on any atom is -0.378 e. The highest BCUT2D eigenvalue weighted by Gasteiger charge is 2.66. The fraction of sp³-hybridized carbons (Fsp3) is 0.469. The first-order valence-electron chi connectivity index (χ1n) is 15.7. The third-order valence-electron chi connectivity index (χ3n) is 10.3. The zero-order chi connectivity index (χ0) is 34.3. The Morgan fingerprint density at radius 3 is 2.45 bits per heavy atom. The lowest BCUT2D eigenvalue weighted by Crippen LogP contribution is -2.72. The maximum atomic E-state index is 15.7. The molecule has 4 fully saturated rings. The molecule has 8 rings (SSSR count). The molecular formula is C32H30F5N7O5. The van der Waals surface area contributed by atoms with E-state index < -0.39 is 79.8 Å². The molecule has 2 aromatic heterocycles. The molecule has 1 aliphatic carbocycles. The number of urea groups is 1. The highest BCUT2D eigenvalue weighted by molar-refractivity contribution is 6.10. The molecule has 0 unspecified atom stereocenters. The number of halogens is 5. The number of likely N-dealkylation sites (tertiary alicyclic amines) is 1. The summed E-state index contributed by atoms with van der Waals surface area (Å²) in [5, 5.41) is 7.02. The van der Waals surface area contributed by atoms with Crippen LogP contribution in [0.1, 0.15) is 35.5 Å². The van der Waals surface area contributed by atoms with Crippen molar-refractivity contribution in [2.75, 3.05) is 46.1 Å². The number of rotatable bonds is 8. The van der Waals surface area contributed by atoms with Gasteiger partial charge in [0.2, 0.25) is 5.91 Å². The predicted molar refractivity (Wildman–Crippen MR) is 158 cm³/mol. The first-order valence-corrected chi connectivity index (χ1v) is 15.7. The van der Waals surface area contributed by atoms with Crippen molar-refractivity contribution in [3.8, 4) is 11.1 Å². The second kappa shape index (κ2) is 11.3. The molecule has 0 saturated carbocycles. The van der Waals surface area contributed by atoms with E-state index in [0.717, 1.165) is 50.2 Å². The molecule has 17 heteroatoms. The standard InChI is InChI=1S/C32H30F5N7O5/c33-20-2-3-21(38-8-20)10-43(30(16-49-17-30)32(35,36)37)27(45)13-42-28(46)31(40-29(42)47)6-26(34)24-5-18(1-4-25(24)31)19-7-39-44(9-19)22-11-41(12-22)23-14-48-15-23/h1-5,7-9,22-23,26H,6,10-17H2,(H,40,47)/t26-,31+/m1/s1. The van der Waals surface area contributed by atoms with Crippen molar-refractivity contribution in [3.63, 3.8) is 0 Å². The van der Waals surface area contributed by atoms with Crippen LogP contribution in [0.4, 0.5) is 26.7 Å². The molecule has 0 bridgehead atoms. The lowest BCUT2D eigenvalue weighted by atomic mass is 9.90. The van der Waals surface area contributed by atoms with Crippen LogP contribution in [-0.4, -0.2) is 111 Å². The van der Waals surface area contributed by atoms with Crippen LogP contribution < -0.4 is 5.32 Å². The Kier molecular flexibility index (Phi) is 7.31. The van der Waals surface area contributed by atoms with Gasteiger partial charge in [-0.2, -0.15) is 18.3 Å². The molecule has 4 saturated heterocycles. The second-order valence-electron chi connectivity index (χ2n) is 13.2. The van der Waals surface area contributed by atoms with E-state index in [2.05, 4.69) is 20.3 Å². The average Bonchev–Trinajstić information content (AvgIpc) is 3.64. The summed E-state index contributed by atoms with van der Waals surface area (Å²) in [6.07, 6.45) is -2.69. The van der Waals surface area contributed by atoms with E-state index in [4.69, 9.17) is 9.47 Å². The first-order chi connectivity index (χ1) is 23.4. The van der Waals surface area contributed by atoms with Gasteiger partial charge in [-0.15, -0.1) is 0 Å². The van der Waals surface area contributed by atoms with Gasteiger partial charge in [0.25, 0.3) is 5.91 Å². The van der Waals surface area contributed by atoms with Gasteiger partial charge in [0.1, 0.15) is 24.1 Å². The van der Waals surface area contributed by atoms with Gasteiger partial charge in [0, 0.05) is 31.3 Å². The van der Waals surface area contributed by atoms with Gasteiger partial charge in [-0.25, -0.2) is 13.6 Å². The molecule has 258 valence electrons. The molecule has 0 radical (unpaired) electrons. The van der Waals surface area contributed by atoms with Crippen LogP contribution >= 0.6 is 0 Å². The number of carbonyl (C=O) groups excluding carboxylic acids is 3. The molecule has 12 nitrogen and oxygen atoms in total. The summed E-state index contributed by atoms with van der Waals surface area (Å²) in [6.45, 7) is -0.335. The van der Waals surface area contributed by atoms with Crippen molar-refractivity contribution in [1.29, 1.82) is 0 Å². The number of pyridine rings is 1. The molecule has 1 aromatic carbocycles. The van der Waals surface area contributed by atoms with E-state index in [9.17, 15) is 31.9 Å². The van der Waals surface area contributed by atoms with Crippen molar-refractivity contribution < 1.29 is 45.8 Å². The van der Waals surface area contributed by atoms with Crippen LogP contribution in [0.5, 0.6) is 0 Å². The van der Waals surface area contributed by atoms with E-state index >= 15 is 4.39 Å². The number of amides is 4. The lowest BCUT2D eigenvalue weighted by molar-refractivity contribution is -0.302. The van der Waals surface area contributed by atoms with Gasteiger partial charge in [0.05, 0.1) is 63.1 Å². The van der Waals surface area contributed by atoms with Crippen LogP contribution in [0, 0.1) is 5.82 Å². The molecule has 4 aliphatic heterocycles. The van der Waals surface area contributed by atoms with Crippen molar-refractivity contribution in [3.05, 3.63) is 71.6 Å². The molecule has 1 N–H and O–H groups in total. The number of ether oxygens (including phenoxy) is 2. The number of carbonyl (C=O) groups is 3. The molecule has 1 spiro atoms. The first kappa shape index (κ1) is 31.8. The Labute approximate surface area is 275 Å². The van der Waals surface area contributed by atoms with Crippen LogP contribution in [0.15, 0.2) is 48.9 Å². The van der Waals surface area contributed by atoms with Gasteiger partial charge >= 0.3 is 12.2 Å². The normalized spacial score (nSPS) is 25.2. The minimum atomic E-state index is -4.94. The smallest absolute Gasteiger partial charge is 0.378 e. The molecular weight excluding hydrogens is 657 g/mol. The monoisotopic (exact) mass is 687 g/mol. The highest BCUT2D eigenvalue weighted by Crippen LogP contribution is 2.50. The molecule has 5 aliphatic rings. The van der Waals surface area contributed by atoms with E-state index in [0.29, 0.717) is 21.4 Å². The number of nitrogens with one attached hydrogen (secondary N) is 1. The number of nitrogens with zero attached hydrogens (tertiary/aromatic N) is 6.